The number of imidazole rings is 1. The second kappa shape index (κ2) is 7.39. The fraction of sp³-hybridized carbons (Fsp3) is 0.562. The van der Waals surface area contributed by atoms with E-state index in [4.69, 9.17) is 0 Å². The van der Waals surface area contributed by atoms with Crippen molar-refractivity contribution in [2.75, 3.05) is 13.6 Å². The average molecular weight is 277 g/mol. The Morgan fingerprint density at radius 1 is 1.25 bits per heavy atom. The molecule has 2 aromatic rings. The Morgan fingerprint density at radius 3 is 2.85 bits per heavy atom. The number of aryl methyl sites for hydroxylation is 1. The fourth-order valence-electron chi connectivity index (χ4n) is 2.53. The van der Waals surface area contributed by atoms with E-state index >= 15 is 0 Å². The average Bonchev–Trinajstić information content (AvgIpc) is 2.78. The molecule has 4 heteroatoms. The molecule has 1 heterocycles. The van der Waals surface area contributed by atoms with Crippen molar-refractivity contribution in [2.24, 2.45) is 0 Å². The fourth-order valence-corrected chi connectivity index (χ4v) is 2.53. The molecule has 0 aliphatic carbocycles. The van der Waals surface area contributed by atoms with Gasteiger partial charge in [0.05, 0.1) is 11.0 Å². The summed E-state index contributed by atoms with van der Waals surface area (Å²) in [5.74, 6) is 0.838. The minimum absolute atomic E-state index is 0.215. The number of fused-ring (bicyclic) bond motifs is 1. The first-order chi connectivity index (χ1) is 9.76. The Hall–Kier alpha value is -1.42. The third-order valence-corrected chi connectivity index (χ3v) is 3.62. The molecule has 0 bridgehead atoms. The van der Waals surface area contributed by atoms with Crippen molar-refractivity contribution >= 4 is 11.0 Å². The number of unbranched alkanes of at least 4 members (excludes halogenated alkanes) is 3. The lowest BCUT2D eigenvalue weighted by atomic mass is 10.2. The van der Waals surface area contributed by atoms with Crippen LogP contribution in [0.1, 0.15) is 38.4 Å². The van der Waals surface area contributed by atoms with Crippen molar-refractivity contribution in [2.45, 2.75) is 45.6 Å². The van der Waals surface area contributed by atoms with Crippen LogP contribution in [0.3, 0.4) is 0 Å². The van der Waals surface area contributed by atoms with Crippen molar-refractivity contribution in [1.29, 1.82) is 0 Å². The molecule has 0 spiro atoms. The summed E-state index contributed by atoms with van der Waals surface area (Å²) in [4.78, 5) is 4.59. The molecule has 0 fully saturated rings. The number of nitrogens with one attached hydrogen (secondary N) is 1. The van der Waals surface area contributed by atoms with Crippen LogP contribution in [0.25, 0.3) is 11.0 Å². The molecule has 0 saturated heterocycles. The zero-order chi connectivity index (χ0) is 14.4. The third-order valence-electron chi connectivity index (χ3n) is 3.62. The van der Waals surface area contributed by atoms with Gasteiger partial charge < -0.3 is 9.88 Å². The van der Waals surface area contributed by atoms with Gasteiger partial charge in [0.1, 0.15) is 11.6 Å². The van der Waals surface area contributed by atoms with E-state index in [0.717, 1.165) is 42.8 Å². The number of likely N-dealkylation sites (N-methyl/N-ethyl adjacent to an activating group) is 1. The highest BCUT2D eigenvalue weighted by Crippen LogP contribution is 2.19. The van der Waals surface area contributed by atoms with Crippen LogP contribution in [-0.4, -0.2) is 23.1 Å². The standard InChI is InChI=1S/C16H24FN3/c1-3-4-5-6-11-20-15-8-7-13(17)12-14(15)19-16(20)9-10-18-2/h7-8,12,18H,3-6,9-11H2,1-2H3. The largest absolute Gasteiger partial charge is 0.328 e. The predicted octanol–water partition coefficient (Wildman–Crippen LogP) is 3.52. The summed E-state index contributed by atoms with van der Waals surface area (Å²) in [6, 6.07) is 4.90. The second-order valence-corrected chi connectivity index (χ2v) is 5.23. The van der Waals surface area contributed by atoms with Crippen LogP contribution in [0, 0.1) is 5.82 Å². The smallest absolute Gasteiger partial charge is 0.125 e. The van der Waals surface area contributed by atoms with Gasteiger partial charge in [0.15, 0.2) is 0 Å². The van der Waals surface area contributed by atoms with Gasteiger partial charge in [0.25, 0.3) is 0 Å². The number of hydrogen-bond donors (Lipinski definition) is 1. The third kappa shape index (κ3) is 3.57. The summed E-state index contributed by atoms with van der Waals surface area (Å²) in [5.41, 5.74) is 1.82. The molecular formula is C16H24FN3. The summed E-state index contributed by atoms with van der Waals surface area (Å²) >= 11 is 0. The molecule has 3 nitrogen and oxygen atoms in total. The molecule has 0 unspecified atom stereocenters. The monoisotopic (exact) mass is 277 g/mol. The van der Waals surface area contributed by atoms with E-state index in [2.05, 4.69) is 21.8 Å². The number of aromatic nitrogens is 2. The topological polar surface area (TPSA) is 29.9 Å². The highest BCUT2D eigenvalue weighted by molar-refractivity contribution is 5.76. The van der Waals surface area contributed by atoms with Gasteiger partial charge in [-0.05, 0) is 25.6 Å². The maximum absolute atomic E-state index is 13.3. The Bertz CT molecular complexity index is 548. The van der Waals surface area contributed by atoms with Crippen LogP contribution in [-0.2, 0) is 13.0 Å². The summed E-state index contributed by atoms with van der Waals surface area (Å²) in [7, 11) is 1.94. The molecule has 0 radical (unpaired) electrons. The van der Waals surface area contributed by atoms with E-state index < -0.39 is 0 Å². The van der Waals surface area contributed by atoms with Gasteiger partial charge in [0, 0.05) is 25.6 Å². The maximum atomic E-state index is 13.3. The summed E-state index contributed by atoms with van der Waals surface area (Å²) in [5, 5.41) is 3.15. The number of benzene rings is 1. The van der Waals surface area contributed by atoms with Crippen LogP contribution in [0.2, 0.25) is 0 Å². The number of rotatable bonds is 8. The summed E-state index contributed by atoms with van der Waals surface area (Å²) in [6.45, 7) is 4.08. The Morgan fingerprint density at radius 2 is 2.10 bits per heavy atom. The zero-order valence-electron chi connectivity index (χ0n) is 12.5. The van der Waals surface area contributed by atoms with Crippen molar-refractivity contribution in [3.63, 3.8) is 0 Å². The molecule has 2 rings (SSSR count). The Labute approximate surface area is 120 Å². The van der Waals surface area contributed by atoms with E-state index in [0.29, 0.717) is 0 Å². The second-order valence-electron chi connectivity index (χ2n) is 5.23. The number of hydrogen-bond acceptors (Lipinski definition) is 2. The van der Waals surface area contributed by atoms with Gasteiger partial charge >= 0.3 is 0 Å². The van der Waals surface area contributed by atoms with Crippen LogP contribution in [0.4, 0.5) is 4.39 Å². The molecule has 20 heavy (non-hydrogen) atoms. The van der Waals surface area contributed by atoms with Crippen molar-refractivity contribution in [1.82, 2.24) is 14.9 Å². The van der Waals surface area contributed by atoms with Gasteiger partial charge in [-0.3, -0.25) is 0 Å². The zero-order valence-corrected chi connectivity index (χ0v) is 12.5. The lowest BCUT2D eigenvalue weighted by Crippen LogP contribution is -2.14. The van der Waals surface area contributed by atoms with E-state index in [1.807, 2.05) is 13.1 Å². The van der Waals surface area contributed by atoms with E-state index in [1.54, 1.807) is 0 Å². The van der Waals surface area contributed by atoms with E-state index in [-0.39, 0.29) is 5.82 Å². The minimum Gasteiger partial charge on any atom is -0.328 e. The van der Waals surface area contributed by atoms with Gasteiger partial charge in [-0.15, -0.1) is 0 Å². The van der Waals surface area contributed by atoms with Gasteiger partial charge in [-0.1, -0.05) is 26.2 Å². The molecule has 0 aliphatic heterocycles. The molecule has 1 N–H and O–H groups in total. The predicted molar refractivity (Wildman–Crippen MR) is 81.5 cm³/mol. The van der Waals surface area contributed by atoms with E-state index in [9.17, 15) is 4.39 Å². The molecule has 0 atom stereocenters. The normalized spacial score (nSPS) is 11.3. The highest BCUT2D eigenvalue weighted by atomic mass is 19.1. The molecule has 0 saturated carbocycles. The molecule has 0 aliphatic rings. The van der Waals surface area contributed by atoms with E-state index in [1.165, 1.54) is 31.4 Å². The molecular weight excluding hydrogens is 253 g/mol. The first-order valence-electron chi connectivity index (χ1n) is 7.55. The van der Waals surface area contributed by atoms with Gasteiger partial charge in [-0.2, -0.15) is 0 Å². The van der Waals surface area contributed by atoms with Crippen LogP contribution >= 0.6 is 0 Å². The SMILES string of the molecule is CCCCCCn1c(CCNC)nc2cc(F)ccc21. The summed E-state index contributed by atoms with van der Waals surface area (Å²) < 4.78 is 15.6. The molecule has 0 amide bonds. The van der Waals surface area contributed by atoms with Crippen molar-refractivity contribution in [3.05, 3.63) is 29.8 Å². The lowest BCUT2D eigenvalue weighted by Gasteiger charge is -2.09. The minimum atomic E-state index is -0.215. The number of halogens is 1. The highest BCUT2D eigenvalue weighted by Gasteiger charge is 2.10. The molecule has 1 aromatic carbocycles. The van der Waals surface area contributed by atoms with Crippen molar-refractivity contribution < 1.29 is 4.39 Å². The number of nitrogens with zero attached hydrogens (tertiary/aromatic N) is 2. The Kier molecular flexibility index (Phi) is 5.53. The summed E-state index contributed by atoms with van der Waals surface area (Å²) in [6.07, 6.45) is 5.78. The maximum Gasteiger partial charge on any atom is 0.125 e. The lowest BCUT2D eigenvalue weighted by molar-refractivity contribution is 0.570. The molecule has 110 valence electrons. The first kappa shape index (κ1) is 15.0. The van der Waals surface area contributed by atoms with Crippen LogP contribution < -0.4 is 5.32 Å². The van der Waals surface area contributed by atoms with Gasteiger partial charge in [-0.25, -0.2) is 9.37 Å². The van der Waals surface area contributed by atoms with Crippen LogP contribution in [0.5, 0.6) is 0 Å². The molecule has 1 aromatic heterocycles. The first-order valence-corrected chi connectivity index (χ1v) is 7.55. The van der Waals surface area contributed by atoms with Crippen LogP contribution in [0.15, 0.2) is 18.2 Å². The quantitative estimate of drug-likeness (QED) is 0.748. The van der Waals surface area contributed by atoms with Gasteiger partial charge in [0.2, 0.25) is 0 Å². The van der Waals surface area contributed by atoms with Crippen molar-refractivity contribution in [3.8, 4) is 0 Å². The Balaban J connectivity index is 2.22.